The summed E-state index contributed by atoms with van der Waals surface area (Å²) in [5.41, 5.74) is 7.35. The summed E-state index contributed by atoms with van der Waals surface area (Å²) in [4.78, 5) is 84.5. The molecule has 3 N–H and O–H groups in total. The number of anilines is 2. The number of fused-ring (bicyclic) bond motifs is 6. The normalized spacial score (nSPS) is 12.7. The number of nitrogens with one attached hydrogen (secondary N) is 2. The highest BCUT2D eigenvalue weighted by Crippen LogP contribution is 2.44. The molecule has 2 atom stereocenters. The first-order valence-corrected chi connectivity index (χ1v) is 44.4. The number of amides is 3. The minimum atomic E-state index is -4.69. The van der Waals surface area contributed by atoms with Crippen LogP contribution in [0, 0.1) is 0 Å². The number of para-hydroxylation sites is 1. The molecule has 624 valence electrons. The Kier molecular flexibility index (Phi) is 45.8. The molecule has 27 heteroatoms. The lowest BCUT2D eigenvalue weighted by Gasteiger charge is -2.29. The Morgan fingerprint density at radius 1 is 0.566 bits per heavy atom. The third-order valence-electron chi connectivity index (χ3n) is 19.8. The summed E-state index contributed by atoms with van der Waals surface area (Å²) in [5, 5.41) is 24.0. The van der Waals surface area contributed by atoms with Crippen molar-refractivity contribution in [1.82, 2.24) is 30.6 Å². The van der Waals surface area contributed by atoms with Crippen LogP contribution < -0.4 is 25.2 Å². The molecule has 4 aromatic carbocycles. The van der Waals surface area contributed by atoms with Gasteiger partial charge in [0.2, 0.25) is 22.9 Å². The number of azo groups is 1. The number of carbonyl (C=O) groups excluding carboxylic acids is 5. The maximum Gasteiger partial charge on any atom is 0.472 e. The molecule has 3 amide bonds. The number of carbonyl (C=O) groups is 5. The van der Waals surface area contributed by atoms with E-state index >= 15 is 0 Å². The van der Waals surface area contributed by atoms with Gasteiger partial charge in [-0.15, -0.1) is 15.3 Å². The van der Waals surface area contributed by atoms with Crippen molar-refractivity contribution in [3.05, 3.63) is 96.6 Å². The Balaban J connectivity index is 0.734. The van der Waals surface area contributed by atoms with Crippen LogP contribution in [0.25, 0.3) is 32.7 Å². The molecule has 0 aliphatic carbocycles. The topological polar surface area (TPSA) is 295 Å². The lowest BCUT2D eigenvalue weighted by Crippen LogP contribution is -2.32. The summed E-state index contributed by atoms with van der Waals surface area (Å²) >= 11 is 1.43. The van der Waals surface area contributed by atoms with Crippen LogP contribution in [0.5, 0.6) is 5.75 Å². The quantitative estimate of drug-likeness (QED) is 0.0138. The summed E-state index contributed by atoms with van der Waals surface area (Å²) in [5.74, 6) is -1.13. The molecule has 0 saturated carbocycles. The first kappa shape index (κ1) is 92.6. The molecular weight excluding hydrogens is 1480 g/mol. The predicted molar refractivity (Wildman–Crippen MR) is 446 cm³/mol. The molecule has 6 aromatic rings. The summed E-state index contributed by atoms with van der Waals surface area (Å²) in [6.45, 7) is 5.04. The van der Waals surface area contributed by atoms with E-state index in [1.807, 2.05) is 115 Å². The minimum absolute atomic E-state index is 0.0780. The van der Waals surface area contributed by atoms with Crippen molar-refractivity contribution in [3.63, 3.8) is 0 Å². The highest BCUT2D eigenvalue weighted by Gasteiger charge is 2.30. The molecular formula is C86H129N10O15PS. The SMILES string of the molecule is CCCCCCCCCCCCCCCCCC(=O)OCC(COP(=O)(O)OCCNC(=O)COCCOCCNC(=O)CCCC(=O)N1Cc2ccccc2-c2nnn(CCOCCOc3ccc4nc(/N=N/c5ccc(N(C)C)cc5)sc4c3)c2-c2ccccc21)OC(=O)CCCCCCCCCCCCCCCCC. The van der Waals surface area contributed by atoms with Crippen LogP contribution in [-0.2, 0) is 74.4 Å². The predicted octanol–water partition coefficient (Wildman–Crippen LogP) is 19.2. The fourth-order valence-corrected chi connectivity index (χ4v) is 15.0. The number of hydrogen-bond donors (Lipinski definition) is 3. The zero-order valence-electron chi connectivity index (χ0n) is 68.0. The lowest BCUT2D eigenvalue weighted by molar-refractivity contribution is -0.161. The van der Waals surface area contributed by atoms with Gasteiger partial charge in [0.1, 0.15) is 31.3 Å². The van der Waals surface area contributed by atoms with E-state index in [1.54, 1.807) is 4.90 Å². The third-order valence-corrected chi connectivity index (χ3v) is 21.7. The van der Waals surface area contributed by atoms with Gasteiger partial charge < -0.3 is 53.7 Å². The van der Waals surface area contributed by atoms with Gasteiger partial charge in [0, 0.05) is 69.7 Å². The van der Waals surface area contributed by atoms with E-state index < -0.39 is 38.4 Å². The first-order chi connectivity index (χ1) is 55.2. The van der Waals surface area contributed by atoms with Crippen molar-refractivity contribution in [2.45, 2.75) is 258 Å². The van der Waals surface area contributed by atoms with Crippen molar-refractivity contribution in [3.8, 4) is 28.3 Å². The van der Waals surface area contributed by atoms with Crippen LogP contribution in [0.4, 0.5) is 22.2 Å². The molecule has 1 aliphatic heterocycles. The van der Waals surface area contributed by atoms with Crippen LogP contribution in [0.2, 0.25) is 0 Å². The van der Waals surface area contributed by atoms with Crippen LogP contribution in [-0.4, -0.2) is 154 Å². The Hall–Kier alpha value is -7.55. The smallest absolute Gasteiger partial charge is 0.472 e. The van der Waals surface area contributed by atoms with Crippen LogP contribution in [0.1, 0.15) is 244 Å². The molecule has 0 saturated heterocycles. The number of aromatic nitrogens is 4. The Morgan fingerprint density at radius 3 is 1.78 bits per heavy atom. The second kappa shape index (κ2) is 55.9. The number of phosphoric ester groups is 1. The van der Waals surface area contributed by atoms with E-state index in [0.29, 0.717) is 74.4 Å². The highest BCUT2D eigenvalue weighted by molar-refractivity contribution is 7.47. The highest BCUT2D eigenvalue weighted by atomic mass is 32.1. The summed E-state index contributed by atoms with van der Waals surface area (Å²) < 4.78 is 60.3. The molecule has 0 bridgehead atoms. The van der Waals surface area contributed by atoms with Gasteiger partial charge in [-0.1, -0.05) is 253 Å². The van der Waals surface area contributed by atoms with Gasteiger partial charge in [0.25, 0.3) is 0 Å². The first-order valence-electron chi connectivity index (χ1n) is 42.1. The molecule has 2 aromatic heterocycles. The molecule has 0 radical (unpaired) electrons. The number of phosphoric acid groups is 1. The molecule has 0 fully saturated rings. The number of hydrogen-bond acceptors (Lipinski definition) is 21. The van der Waals surface area contributed by atoms with Crippen molar-refractivity contribution >= 4 is 81.2 Å². The molecule has 25 nitrogen and oxygen atoms in total. The number of nitrogens with zero attached hydrogens (tertiary/aromatic N) is 8. The largest absolute Gasteiger partial charge is 0.491 e. The molecule has 7 rings (SSSR count). The van der Waals surface area contributed by atoms with Gasteiger partial charge in [0.15, 0.2) is 6.10 Å². The standard InChI is InChI=1S/C86H129N10O15PS/c1-5-7-9-11-13-15-17-19-21-23-25-27-29-31-33-46-82(100)108-66-73(111-83(101)47-34-32-30-28-26-24-22-20-18-16-14-12-10-8-6-2)67-110-112(102,103)109-58-55-88-80(98)68-106-61-60-104-57-54-87-79(97)44-39-45-81(99)95-65-69-40-35-36-41-74(69)84-85(75-42-37-38-43-77(75)95)96(93-91-84)56-59-105-62-63-107-72-52-53-76-78(64-72)113-86(89-76)92-90-70-48-50-71(51-49-70)94(3)4/h35-38,40-43,48-53,64,73H,5-34,39,44-47,54-63,65-68H2,1-4H3,(H,87,97)(H,88,98)(H,102,103)/b92-90+. The molecule has 0 spiro atoms. The molecule has 113 heavy (non-hydrogen) atoms. The lowest BCUT2D eigenvalue weighted by atomic mass is 9.95. The van der Waals surface area contributed by atoms with Crippen molar-refractivity contribution in [1.29, 1.82) is 0 Å². The van der Waals surface area contributed by atoms with E-state index in [2.05, 4.69) is 50.0 Å². The average molecular weight is 1610 g/mol. The number of rotatable bonds is 64. The van der Waals surface area contributed by atoms with Crippen LogP contribution in [0.15, 0.2) is 101 Å². The summed E-state index contributed by atoms with van der Waals surface area (Å²) in [6, 6.07) is 29.1. The van der Waals surface area contributed by atoms with Gasteiger partial charge in [0.05, 0.1) is 86.6 Å². The average Bonchev–Trinajstić information content (AvgIpc) is 1.68. The fourth-order valence-electron chi connectivity index (χ4n) is 13.4. The van der Waals surface area contributed by atoms with E-state index in [-0.39, 0.29) is 90.2 Å². The molecule has 1 aliphatic rings. The minimum Gasteiger partial charge on any atom is -0.491 e. The molecule has 2 unspecified atom stereocenters. The van der Waals surface area contributed by atoms with Crippen molar-refractivity contribution < 1.29 is 70.9 Å². The van der Waals surface area contributed by atoms with Gasteiger partial charge in [-0.25, -0.2) is 14.2 Å². The Morgan fingerprint density at radius 2 is 1.13 bits per heavy atom. The van der Waals surface area contributed by atoms with Gasteiger partial charge in [-0.2, -0.15) is 0 Å². The number of benzene rings is 4. The fraction of sp³-hybridized carbons (Fsp3) is 0.628. The second-order valence-electron chi connectivity index (χ2n) is 29.4. The zero-order valence-corrected chi connectivity index (χ0v) is 69.7. The van der Waals surface area contributed by atoms with E-state index in [9.17, 15) is 33.4 Å². The van der Waals surface area contributed by atoms with Crippen LogP contribution >= 0.6 is 19.2 Å². The summed E-state index contributed by atoms with van der Waals surface area (Å²) in [6.07, 6.45) is 35.9. The van der Waals surface area contributed by atoms with Gasteiger partial charge in [-0.05, 0) is 73.4 Å². The maximum absolute atomic E-state index is 14.3. The van der Waals surface area contributed by atoms with E-state index in [0.717, 1.165) is 82.5 Å². The Labute approximate surface area is 675 Å². The third kappa shape index (κ3) is 37.7. The number of esters is 2. The monoisotopic (exact) mass is 1600 g/mol. The number of ether oxygens (including phenoxy) is 6. The number of unbranched alkanes of at least 4 members (excludes halogenated alkanes) is 28. The van der Waals surface area contributed by atoms with Crippen molar-refractivity contribution in [2.75, 3.05) is 103 Å². The van der Waals surface area contributed by atoms with E-state index in [4.69, 9.17) is 37.5 Å². The van der Waals surface area contributed by atoms with E-state index in [1.165, 1.54) is 153 Å². The summed E-state index contributed by atoms with van der Waals surface area (Å²) in [7, 11) is -0.712. The van der Waals surface area contributed by atoms with Crippen molar-refractivity contribution in [2.24, 2.45) is 10.2 Å². The van der Waals surface area contributed by atoms with Crippen LogP contribution in [0.3, 0.4) is 0 Å². The Bertz CT molecular complexity index is 3760. The number of thiazole rings is 1. The maximum atomic E-state index is 14.3. The van der Waals surface area contributed by atoms with Gasteiger partial charge in [-0.3, -0.25) is 33.0 Å². The second-order valence-corrected chi connectivity index (χ2v) is 31.8. The van der Waals surface area contributed by atoms with Gasteiger partial charge >= 0.3 is 19.8 Å². The zero-order chi connectivity index (χ0) is 80.2. The molecule has 3 heterocycles.